The lowest BCUT2D eigenvalue weighted by molar-refractivity contribution is 0.118. The molecule has 2 N–H and O–H groups in total. The summed E-state index contributed by atoms with van der Waals surface area (Å²) in [5, 5.41) is 16.2. The van der Waals surface area contributed by atoms with Gasteiger partial charge in [0, 0.05) is 19.0 Å². The summed E-state index contributed by atoms with van der Waals surface area (Å²) in [6.45, 7) is 0.149. The highest BCUT2D eigenvalue weighted by Crippen LogP contribution is 2.06. The molecule has 1 aromatic carbocycles. The number of aliphatic hydroxyl groups is 1. The molecule has 130 valence electrons. The number of carbonyl (C=O) groups is 1. The van der Waals surface area contributed by atoms with Gasteiger partial charge in [-0.2, -0.15) is 5.10 Å². The molecule has 0 aliphatic rings. The highest BCUT2D eigenvalue weighted by Gasteiger charge is 2.13. The first-order valence-corrected chi connectivity index (χ1v) is 9.09. The molecule has 0 radical (unpaired) electrons. The van der Waals surface area contributed by atoms with E-state index in [1.807, 2.05) is 30.3 Å². The number of aromatic nitrogens is 2. The quantitative estimate of drug-likeness (QED) is 0.753. The van der Waals surface area contributed by atoms with Crippen molar-refractivity contribution in [2.75, 3.05) is 12.8 Å². The average Bonchev–Trinajstić information content (AvgIpc) is 3.00. The van der Waals surface area contributed by atoms with E-state index in [1.54, 1.807) is 0 Å². The molecule has 2 aromatic rings. The minimum atomic E-state index is -3.33. The minimum absolute atomic E-state index is 0.0400. The van der Waals surface area contributed by atoms with E-state index in [-0.39, 0.29) is 24.6 Å². The third kappa shape index (κ3) is 5.67. The van der Waals surface area contributed by atoms with Crippen LogP contribution in [0.1, 0.15) is 5.56 Å². The number of hydrogen-bond acceptors (Lipinski definition) is 6. The van der Waals surface area contributed by atoms with Crippen LogP contribution in [0, 0.1) is 0 Å². The molecule has 1 atom stereocenters. The van der Waals surface area contributed by atoms with E-state index >= 15 is 0 Å². The molecule has 24 heavy (non-hydrogen) atoms. The normalized spacial score (nSPS) is 12.6. The van der Waals surface area contributed by atoms with Crippen LogP contribution in [-0.4, -0.2) is 48.3 Å². The number of sulfone groups is 1. The summed E-state index contributed by atoms with van der Waals surface area (Å²) in [4.78, 5) is 11.6. The molecule has 0 aliphatic carbocycles. The fourth-order valence-corrected chi connectivity index (χ4v) is 2.44. The van der Waals surface area contributed by atoms with Crippen molar-refractivity contribution < 1.29 is 23.1 Å². The number of ether oxygens (including phenoxy) is 1. The molecule has 0 saturated carbocycles. The topological polar surface area (TPSA) is 111 Å². The molecule has 1 unspecified atom stereocenters. The highest BCUT2D eigenvalue weighted by molar-refractivity contribution is 7.90. The second-order valence-electron chi connectivity index (χ2n) is 5.27. The van der Waals surface area contributed by atoms with E-state index in [4.69, 9.17) is 4.74 Å². The standard InChI is InChI=1S/C15H19N3O5S/c1-24(21,22)14-8-17-18(10-14)9-13(19)7-16-15(20)23-11-12-5-3-2-4-6-12/h2-6,8,10,13,19H,7,9,11H2,1H3,(H,16,20). The van der Waals surface area contributed by atoms with E-state index in [0.29, 0.717) is 0 Å². The molecule has 0 aliphatic heterocycles. The van der Waals surface area contributed by atoms with Crippen molar-refractivity contribution in [3.05, 3.63) is 48.3 Å². The lowest BCUT2D eigenvalue weighted by atomic mass is 10.2. The number of alkyl carbamates (subject to hydrolysis) is 1. The van der Waals surface area contributed by atoms with Crippen molar-refractivity contribution >= 4 is 15.9 Å². The third-order valence-corrected chi connectivity index (χ3v) is 4.20. The van der Waals surface area contributed by atoms with Crippen LogP contribution >= 0.6 is 0 Å². The van der Waals surface area contributed by atoms with Gasteiger partial charge in [-0.1, -0.05) is 30.3 Å². The van der Waals surface area contributed by atoms with Gasteiger partial charge in [0.1, 0.15) is 11.5 Å². The van der Waals surface area contributed by atoms with Crippen molar-refractivity contribution in [1.29, 1.82) is 0 Å². The van der Waals surface area contributed by atoms with Crippen LogP contribution in [0.15, 0.2) is 47.6 Å². The summed E-state index contributed by atoms with van der Waals surface area (Å²) in [5.41, 5.74) is 0.859. The molecule has 2 rings (SSSR count). The van der Waals surface area contributed by atoms with Crippen molar-refractivity contribution in [3.8, 4) is 0 Å². The molecule has 8 nitrogen and oxygen atoms in total. The number of nitrogens with zero attached hydrogens (tertiary/aromatic N) is 2. The van der Waals surface area contributed by atoms with Gasteiger partial charge in [-0.05, 0) is 5.56 Å². The predicted octanol–water partition coefficient (Wildman–Crippen LogP) is 0.574. The zero-order valence-corrected chi connectivity index (χ0v) is 13.9. The predicted molar refractivity (Wildman–Crippen MR) is 86.0 cm³/mol. The Kier molecular flexibility index (Phi) is 5.93. The second-order valence-corrected chi connectivity index (χ2v) is 7.28. The van der Waals surface area contributed by atoms with Gasteiger partial charge in [-0.15, -0.1) is 0 Å². The average molecular weight is 353 g/mol. The fourth-order valence-electron chi connectivity index (χ4n) is 1.89. The van der Waals surface area contributed by atoms with Gasteiger partial charge in [0.25, 0.3) is 0 Å². The van der Waals surface area contributed by atoms with Crippen LogP contribution in [0.5, 0.6) is 0 Å². The van der Waals surface area contributed by atoms with E-state index in [1.165, 1.54) is 17.1 Å². The molecule has 1 amide bonds. The fraction of sp³-hybridized carbons (Fsp3) is 0.333. The maximum absolute atomic E-state index is 11.6. The molecule has 0 saturated heterocycles. The highest BCUT2D eigenvalue weighted by atomic mass is 32.2. The number of hydrogen-bond donors (Lipinski definition) is 2. The number of nitrogens with one attached hydrogen (secondary N) is 1. The SMILES string of the molecule is CS(=O)(=O)c1cnn(CC(O)CNC(=O)OCc2ccccc2)c1. The number of aliphatic hydroxyl groups excluding tert-OH is 1. The first kappa shape index (κ1) is 18.0. The lowest BCUT2D eigenvalue weighted by Gasteiger charge is -2.12. The first-order chi connectivity index (χ1) is 11.3. The summed E-state index contributed by atoms with van der Waals surface area (Å²) in [6, 6.07) is 9.22. The van der Waals surface area contributed by atoms with Crippen molar-refractivity contribution in [2.45, 2.75) is 24.2 Å². The molecule has 0 spiro atoms. The second kappa shape index (κ2) is 7.93. The van der Waals surface area contributed by atoms with Gasteiger partial charge in [0.05, 0.1) is 18.8 Å². The molecule has 1 aromatic heterocycles. The van der Waals surface area contributed by atoms with Crippen LogP contribution in [0.3, 0.4) is 0 Å². The number of benzene rings is 1. The van der Waals surface area contributed by atoms with E-state index in [2.05, 4.69) is 10.4 Å². The van der Waals surface area contributed by atoms with E-state index in [0.717, 1.165) is 11.8 Å². The van der Waals surface area contributed by atoms with E-state index < -0.39 is 22.0 Å². The molecular formula is C15H19N3O5S. The Morgan fingerprint density at radius 3 is 2.71 bits per heavy atom. The van der Waals surface area contributed by atoms with Crippen molar-refractivity contribution in [2.24, 2.45) is 0 Å². The maximum Gasteiger partial charge on any atom is 0.407 e. The summed E-state index contributed by atoms with van der Waals surface area (Å²) in [5.74, 6) is 0. The zero-order valence-electron chi connectivity index (χ0n) is 13.1. The van der Waals surface area contributed by atoms with Gasteiger partial charge in [0.2, 0.25) is 0 Å². The smallest absolute Gasteiger partial charge is 0.407 e. The summed E-state index contributed by atoms with van der Waals surface area (Å²) < 4.78 is 29.0. The van der Waals surface area contributed by atoms with Crippen molar-refractivity contribution in [3.63, 3.8) is 0 Å². The Hall–Kier alpha value is -2.39. The van der Waals surface area contributed by atoms with E-state index in [9.17, 15) is 18.3 Å². The Bertz CT molecular complexity index is 773. The van der Waals surface area contributed by atoms with Crippen LogP contribution in [0.25, 0.3) is 0 Å². The monoisotopic (exact) mass is 353 g/mol. The number of rotatable bonds is 7. The molecule has 0 bridgehead atoms. The third-order valence-electron chi connectivity index (χ3n) is 3.13. The molecule has 0 fully saturated rings. The molecular weight excluding hydrogens is 334 g/mol. The van der Waals surface area contributed by atoms with Gasteiger partial charge in [-0.25, -0.2) is 13.2 Å². The number of carbonyl (C=O) groups excluding carboxylic acids is 1. The van der Waals surface area contributed by atoms with Gasteiger partial charge >= 0.3 is 6.09 Å². The van der Waals surface area contributed by atoms with Crippen LogP contribution in [0.4, 0.5) is 4.79 Å². The van der Waals surface area contributed by atoms with Gasteiger partial charge in [-0.3, -0.25) is 4.68 Å². The Morgan fingerprint density at radius 2 is 2.08 bits per heavy atom. The van der Waals surface area contributed by atoms with Gasteiger partial charge < -0.3 is 15.2 Å². The summed E-state index contributed by atoms with van der Waals surface area (Å²) in [7, 11) is -3.33. The summed E-state index contributed by atoms with van der Waals surface area (Å²) >= 11 is 0. The van der Waals surface area contributed by atoms with Crippen LogP contribution in [-0.2, 0) is 27.7 Å². The maximum atomic E-state index is 11.6. The summed E-state index contributed by atoms with van der Waals surface area (Å²) in [6.07, 6.45) is 2.04. The lowest BCUT2D eigenvalue weighted by Crippen LogP contribution is -2.34. The Balaban J connectivity index is 1.73. The van der Waals surface area contributed by atoms with Crippen LogP contribution < -0.4 is 5.32 Å². The molecule has 1 heterocycles. The zero-order chi connectivity index (χ0) is 17.6. The van der Waals surface area contributed by atoms with Gasteiger partial charge in [0.15, 0.2) is 9.84 Å². The molecule has 9 heteroatoms. The van der Waals surface area contributed by atoms with Crippen LogP contribution in [0.2, 0.25) is 0 Å². The Labute approximate surface area is 140 Å². The van der Waals surface area contributed by atoms with Crippen molar-refractivity contribution in [1.82, 2.24) is 15.1 Å². The Morgan fingerprint density at radius 1 is 1.38 bits per heavy atom. The number of amides is 1. The largest absolute Gasteiger partial charge is 0.445 e. The first-order valence-electron chi connectivity index (χ1n) is 7.20. The minimum Gasteiger partial charge on any atom is -0.445 e.